The van der Waals surface area contributed by atoms with Crippen molar-refractivity contribution in [3.05, 3.63) is 42.5 Å². The second-order valence-electron chi connectivity index (χ2n) is 4.94. The second kappa shape index (κ2) is 4.48. The van der Waals surface area contributed by atoms with E-state index in [1.807, 2.05) is 29.2 Å². The summed E-state index contributed by atoms with van der Waals surface area (Å²) >= 11 is 0. The summed E-state index contributed by atoms with van der Waals surface area (Å²) in [5.74, 6) is 1.46. The largest absolute Gasteiger partial charge is 0.493 e. The molecule has 1 saturated heterocycles. The van der Waals surface area contributed by atoms with Crippen LogP contribution in [-0.4, -0.2) is 24.0 Å². The first-order valence-electron chi connectivity index (χ1n) is 6.43. The van der Waals surface area contributed by atoms with E-state index in [0.29, 0.717) is 18.9 Å². The maximum atomic E-state index is 12.1. The summed E-state index contributed by atoms with van der Waals surface area (Å²) in [6.07, 6.45) is 3.37. The van der Waals surface area contributed by atoms with E-state index in [1.165, 1.54) is 0 Å². The van der Waals surface area contributed by atoms with Crippen molar-refractivity contribution < 1.29 is 9.53 Å². The van der Waals surface area contributed by atoms with Crippen LogP contribution in [0, 0.1) is 5.92 Å². The Morgan fingerprint density at radius 1 is 1.39 bits per heavy atom. The molecule has 0 spiro atoms. The molecule has 2 heterocycles. The van der Waals surface area contributed by atoms with E-state index in [0.717, 1.165) is 24.3 Å². The van der Waals surface area contributed by atoms with Crippen molar-refractivity contribution >= 4 is 5.91 Å². The van der Waals surface area contributed by atoms with Gasteiger partial charge in [-0.2, -0.15) is 0 Å². The van der Waals surface area contributed by atoms with Crippen LogP contribution in [0.15, 0.2) is 36.9 Å². The third-order valence-electron chi connectivity index (χ3n) is 3.82. The molecule has 1 aromatic rings. The molecule has 1 fully saturated rings. The van der Waals surface area contributed by atoms with E-state index in [9.17, 15) is 4.79 Å². The van der Waals surface area contributed by atoms with Gasteiger partial charge in [0.25, 0.3) is 0 Å². The number of likely N-dealkylation sites (tertiary alicyclic amines) is 1. The zero-order valence-corrected chi connectivity index (χ0v) is 10.3. The fraction of sp³-hybridized carbons (Fsp3) is 0.400. The molecule has 3 heteroatoms. The molecule has 2 unspecified atom stereocenters. The molecule has 18 heavy (non-hydrogen) atoms. The summed E-state index contributed by atoms with van der Waals surface area (Å²) in [7, 11) is 0. The lowest BCUT2D eigenvalue weighted by molar-refractivity contribution is -0.130. The lowest BCUT2D eigenvalue weighted by Crippen LogP contribution is -2.33. The molecule has 0 aromatic heterocycles. The molecule has 0 saturated carbocycles. The monoisotopic (exact) mass is 243 g/mol. The van der Waals surface area contributed by atoms with Crippen LogP contribution in [0.2, 0.25) is 0 Å². The van der Waals surface area contributed by atoms with Gasteiger partial charge in [-0.3, -0.25) is 4.79 Å². The van der Waals surface area contributed by atoms with E-state index in [4.69, 9.17) is 4.74 Å². The van der Waals surface area contributed by atoms with Crippen LogP contribution in [0.1, 0.15) is 24.4 Å². The van der Waals surface area contributed by atoms with Crippen molar-refractivity contribution in [2.24, 2.45) is 5.92 Å². The summed E-state index contributed by atoms with van der Waals surface area (Å²) in [5, 5.41) is 0. The number of rotatable bonds is 2. The molecular formula is C15H17NO2. The van der Waals surface area contributed by atoms with E-state index in [1.54, 1.807) is 0 Å². The van der Waals surface area contributed by atoms with Gasteiger partial charge >= 0.3 is 0 Å². The number of para-hydroxylation sites is 1. The lowest BCUT2D eigenvalue weighted by atomic mass is 9.99. The molecule has 3 nitrogen and oxygen atoms in total. The first-order chi connectivity index (χ1) is 8.79. The maximum Gasteiger partial charge on any atom is 0.223 e. The fourth-order valence-corrected chi connectivity index (χ4v) is 2.87. The van der Waals surface area contributed by atoms with Gasteiger partial charge in [0, 0.05) is 30.9 Å². The van der Waals surface area contributed by atoms with Gasteiger partial charge in [0.2, 0.25) is 5.91 Å². The van der Waals surface area contributed by atoms with Crippen molar-refractivity contribution in [2.75, 3.05) is 13.2 Å². The molecule has 0 radical (unpaired) electrons. The highest BCUT2D eigenvalue weighted by Gasteiger charge is 2.36. The first kappa shape index (κ1) is 11.3. The quantitative estimate of drug-likeness (QED) is 0.747. The van der Waals surface area contributed by atoms with Crippen LogP contribution in [0.3, 0.4) is 0 Å². The average Bonchev–Trinajstić information content (AvgIpc) is 2.79. The summed E-state index contributed by atoms with van der Waals surface area (Å²) in [6.45, 7) is 5.28. The van der Waals surface area contributed by atoms with Crippen molar-refractivity contribution in [1.29, 1.82) is 0 Å². The van der Waals surface area contributed by atoms with Crippen LogP contribution in [0.5, 0.6) is 5.75 Å². The topological polar surface area (TPSA) is 29.5 Å². The minimum absolute atomic E-state index is 0.174. The fourth-order valence-electron chi connectivity index (χ4n) is 2.87. The summed E-state index contributed by atoms with van der Waals surface area (Å²) in [5.41, 5.74) is 1.14. The maximum absolute atomic E-state index is 12.1. The Hall–Kier alpha value is -1.77. The highest BCUT2D eigenvalue weighted by Crippen LogP contribution is 2.38. The minimum atomic E-state index is 0.174. The van der Waals surface area contributed by atoms with E-state index in [-0.39, 0.29) is 11.9 Å². The number of hydrogen-bond acceptors (Lipinski definition) is 2. The Kier molecular flexibility index (Phi) is 2.82. The van der Waals surface area contributed by atoms with Crippen LogP contribution in [-0.2, 0) is 4.79 Å². The van der Waals surface area contributed by atoms with Gasteiger partial charge in [-0.1, -0.05) is 24.3 Å². The van der Waals surface area contributed by atoms with Crippen molar-refractivity contribution in [3.8, 4) is 5.75 Å². The smallest absolute Gasteiger partial charge is 0.223 e. The van der Waals surface area contributed by atoms with Crippen molar-refractivity contribution in [1.82, 2.24) is 4.90 Å². The van der Waals surface area contributed by atoms with Gasteiger partial charge < -0.3 is 9.64 Å². The first-order valence-corrected chi connectivity index (χ1v) is 6.43. The summed E-state index contributed by atoms with van der Waals surface area (Å²) in [4.78, 5) is 14.1. The van der Waals surface area contributed by atoms with Crippen LogP contribution in [0.25, 0.3) is 0 Å². The molecular weight excluding hydrogens is 226 g/mol. The summed E-state index contributed by atoms with van der Waals surface area (Å²) in [6, 6.07) is 8.19. The zero-order valence-electron chi connectivity index (χ0n) is 10.3. The molecule has 2 atom stereocenters. The van der Waals surface area contributed by atoms with Gasteiger partial charge in [-0.15, -0.1) is 6.58 Å². The Labute approximate surface area is 107 Å². The normalized spacial score (nSPS) is 26.7. The van der Waals surface area contributed by atoms with Crippen molar-refractivity contribution in [3.63, 3.8) is 0 Å². The van der Waals surface area contributed by atoms with Crippen LogP contribution < -0.4 is 4.74 Å². The number of benzene rings is 1. The Morgan fingerprint density at radius 3 is 3.00 bits per heavy atom. The zero-order chi connectivity index (χ0) is 12.5. The predicted molar refractivity (Wildman–Crippen MR) is 69.3 cm³/mol. The number of nitrogens with zero attached hydrogens (tertiary/aromatic N) is 1. The Balaban J connectivity index is 1.90. The lowest BCUT2D eigenvalue weighted by Gasteiger charge is -2.33. The molecule has 3 rings (SSSR count). The highest BCUT2D eigenvalue weighted by atomic mass is 16.5. The Morgan fingerprint density at radius 2 is 2.22 bits per heavy atom. The standard InChI is InChI=1S/C15H17NO2/c1-2-11-9-15(17)16(10-11)13-7-8-18-14-6-4-3-5-12(13)14/h2-6,11,13H,1,7-10H2. The Bertz CT molecular complexity index is 483. The van der Waals surface area contributed by atoms with Gasteiger partial charge in [0.15, 0.2) is 0 Å². The second-order valence-corrected chi connectivity index (χ2v) is 4.94. The third-order valence-corrected chi connectivity index (χ3v) is 3.82. The number of ether oxygens (including phenoxy) is 1. The van der Waals surface area contributed by atoms with E-state index >= 15 is 0 Å². The van der Waals surface area contributed by atoms with E-state index in [2.05, 4.69) is 12.6 Å². The number of amides is 1. The summed E-state index contributed by atoms with van der Waals surface area (Å²) < 4.78 is 5.64. The van der Waals surface area contributed by atoms with Crippen molar-refractivity contribution in [2.45, 2.75) is 18.9 Å². The average molecular weight is 243 g/mol. The minimum Gasteiger partial charge on any atom is -0.493 e. The predicted octanol–water partition coefficient (Wildman–Crippen LogP) is 2.54. The molecule has 0 bridgehead atoms. The molecule has 2 aliphatic heterocycles. The van der Waals surface area contributed by atoms with Gasteiger partial charge in [0.05, 0.1) is 12.6 Å². The number of fused-ring (bicyclic) bond motifs is 1. The molecule has 0 N–H and O–H groups in total. The third kappa shape index (κ3) is 1.80. The molecule has 94 valence electrons. The molecule has 0 aliphatic carbocycles. The number of carbonyl (C=O) groups is 1. The highest BCUT2D eigenvalue weighted by molar-refractivity contribution is 5.79. The van der Waals surface area contributed by atoms with E-state index < -0.39 is 0 Å². The van der Waals surface area contributed by atoms with Gasteiger partial charge in [-0.25, -0.2) is 0 Å². The molecule has 1 amide bonds. The molecule has 1 aromatic carbocycles. The SMILES string of the molecule is C=CC1CC(=O)N(C2CCOc3ccccc32)C1. The van der Waals surface area contributed by atoms with Gasteiger partial charge in [0.1, 0.15) is 5.75 Å². The van der Waals surface area contributed by atoms with Crippen LogP contribution >= 0.6 is 0 Å². The van der Waals surface area contributed by atoms with Gasteiger partial charge in [-0.05, 0) is 6.07 Å². The number of carbonyl (C=O) groups excluding carboxylic acids is 1. The molecule has 2 aliphatic rings. The van der Waals surface area contributed by atoms with Crippen LogP contribution in [0.4, 0.5) is 0 Å². The number of hydrogen-bond donors (Lipinski definition) is 0.